The fraction of sp³-hybridized carbons (Fsp3) is 1.00. The van der Waals surface area contributed by atoms with Gasteiger partial charge in [0, 0.05) is 0 Å². The molecule has 0 unspecified atom stereocenters. The predicted octanol–water partition coefficient (Wildman–Crippen LogP) is -8.18. The second kappa shape index (κ2) is 8.30. The molecule has 0 saturated heterocycles. The summed E-state index contributed by atoms with van der Waals surface area (Å²) >= 11 is 0. The third-order valence-electron chi connectivity index (χ3n) is 0. The van der Waals surface area contributed by atoms with Gasteiger partial charge in [0.25, 0.3) is 0 Å². The van der Waals surface area contributed by atoms with Crippen LogP contribution in [0.4, 0.5) is 0 Å². The average molecular weight is 125 g/mol. The molecule has 8 heavy (non-hydrogen) atoms. The Kier molecular flexibility index (Phi) is 23.7. The molecule has 7 heteroatoms. The van der Waals surface area contributed by atoms with Gasteiger partial charge in [0.1, 0.15) is 0 Å². The van der Waals surface area contributed by atoms with Gasteiger partial charge in [-0.2, -0.15) is 7.82 Å². The first-order valence-electron chi connectivity index (χ1n) is 0.730. The van der Waals surface area contributed by atoms with Gasteiger partial charge in [0.2, 0.25) is 0 Å². The van der Waals surface area contributed by atoms with E-state index in [0.29, 0.717) is 0 Å². The van der Waals surface area contributed by atoms with Gasteiger partial charge in [-0.05, 0) is 0 Å². The molecular weight excluding hydrogens is 121 g/mol. The topological polar surface area (TPSA) is 86.2 Å². The van der Waals surface area contributed by atoms with E-state index in [1.165, 1.54) is 0 Å². The van der Waals surface area contributed by atoms with Crippen LogP contribution in [-0.4, -0.2) is 0 Å². The van der Waals surface area contributed by atoms with Crippen LogP contribution in [0.25, 0.3) is 0 Å². The molecule has 0 bridgehead atoms. The van der Waals surface area contributed by atoms with E-state index in [4.69, 9.17) is 19.2 Å². The molecule has 0 rings (SSSR count). The van der Waals surface area contributed by atoms with E-state index in [1.54, 1.807) is 0 Å². The maximum Gasteiger partial charge on any atom is 1.00 e. The summed E-state index contributed by atoms with van der Waals surface area (Å²) in [5.41, 5.74) is 0. The molecule has 0 spiro atoms. The fourth-order valence-corrected chi connectivity index (χ4v) is 0. The molecule has 0 N–H and O–H groups in total. The molecule has 0 aliphatic rings. The Labute approximate surface area is 72.3 Å². The second-order valence-electron chi connectivity index (χ2n) is 0.447. The summed E-state index contributed by atoms with van der Waals surface area (Å²) in [5, 5.41) is 0. The van der Waals surface area contributed by atoms with Gasteiger partial charge in [0.05, 0.1) is 0 Å². The summed E-state index contributed by atoms with van der Waals surface area (Å²) in [4.78, 5) is 25.6. The predicted molar refractivity (Wildman–Crippen MR) is 14.3 cm³/mol. The Balaban J connectivity index is -0.0000000267. The van der Waals surface area contributed by atoms with E-state index in [0.717, 1.165) is 0 Å². The molecule has 0 heterocycles. The summed E-state index contributed by atoms with van der Waals surface area (Å²) in [6.45, 7) is 0. The largest absolute Gasteiger partial charge is 1.00 e. The SMILES string of the molecule is C.O=P([O-])([O-])[O-].[Li+].[Li+]. The van der Waals surface area contributed by atoms with E-state index < -0.39 is 7.82 Å². The van der Waals surface area contributed by atoms with E-state index in [9.17, 15) is 0 Å². The van der Waals surface area contributed by atoms with Crippen LogP contribution in [-0.2, 0) is 4.57 Å². The van der Waals surface area contributed by atoms with Crippen molar-refractivity contribution in [1.82, 2.24) is 0 Å². The number of phosphoric acid groups is 1. The van der Waals surface area contributed by atoms with Crippen molar-refractivity contribution in [3.63, 3.8) is 0 Å². The monoisotopic (exact) mass is 125 g/mol. The summed E-state index contributed by atoms with van der Waals surface area (Å²) in [6.07, 6.45) is 0. The third-order valence-corrected chi connectivity index (χ3v) is 0. The molecule has 0 aliphatic heterocycles. The maximum absolute atomic E-state index is 8.55. The van der Waals surface area contributed by atoms with Crippen molar-refractivity contribution in [2.75, 3.05) is 0 Å². The van der Waals surface area contributed by atoms with Crippen LogP contribution in [0.3, 0.4) is 0 Å². The Bertz CT molecular complexity index is 60.2. The summed E-state index contributed by atoms with van der Waals surface area (Å²) in [5.74, 6) is 0. The first kappa shape index (κ1) is 22.8. The first-order chi connectivity index (χ1) is 2.00. The van der Waals surface area contributed by atoms with Crippen LogP contribution in [0.15, 0.2) is 0 Å². The molecule has 0 aliphatic carbocycles. The van der Waals surface area contributed by atoms with Gasteiger partial charge in [-0.15, -0.1) is 0 Å². The molecular formula is CH4Li2O4P-. The van der Waals surface area contributed by atoms with Crippen LogP contribution in [0, 0.1) is 0 Å². The second-order valence-corrected chi connectivity index (χ2v) is 1.34. The number of hydrogen-bond donors (Lipinski definition) is 0. The van der Waals surface area contributed by atoms with Gasteiger partial charge in [0.15, 0.2) is 0 Å². The fourth-order valence-electron chi connectivity index (χ4n) is 0. The molecule has 0 aromatic rings. The van der Waals surface area contributed by atoms with Crippen molar-refractivity contribution in [3.8, 4) is 0 Å². The summed E-state index contributed by atoms with van der Waals surface area (Å²) in [6, 6.07) is 0. The Morgan fingerprint density at radius 3 is 1.00 bits per heavy atom. The van der Waals surface area contributed by atoms with E-state index in [-0.39, 0.29) is 45.1 Å². The average Bonchev–Trinajstić information content (AvgIpc) is 0.722. The molecule has 0 amide bonds. The quantitative estimate of drug-likeness (QED) is 0.237. The Morgan fingerprint density at radius 1 is 1.00 bits per heavy atom. The smallest absolute Gasteiger partial charge is 0.822 e. The molecule has 40 valence electrons. The van der Waals surface area contributed by atoms with E-state index in [1.807, 2.05) is 0 Å². The number of rotatable bonds is 0. The van der Waals surface area contributed by atoms with Gasteiger partial charge < -0.3 is 19.2 Å². The van der Waals surface area contributed by atoms with Crippen LogP contribution >= 0.6 is 7.82 Å². The molecule has 0 aromatic heterocycles. The molecule has 0 fully saturated rings. The summed E-state index contributed by atoms with van der Waals surface area (Å²) < 4.78 is 8.55. The first-order valence-corrected chi connectivity index (χ1v) is 2.19. The van der Waals surface area contributed by atoms with Crippen LogP contribution in [0.5, 0.6) is 0 Å². The molecule has 0 aromatic carbocycles. The van der Waals surface area contributed by atoms with Crippen molar-refractivity contribution >= 4 is 7.82 Å². The minimum atomic E-state index is -5.39. The Morgan fingerprint density at radius 2 is 1.00 bits per heavy atom. The van der Waals surface area contributed by atoms with Crippen LogP contribution in [0.2, 0.25) is 0 Å². The van der Waals surface area contributed by atoms with Crippen LogP contribution in [0.1, 0.15) is 7.43 Å². The van der Waals surface area contributed by atoms with Crippen molar-refractivity contribution < 1.29 is 57.0 Å². The maximum atomic E-state index is 8.55. The van der Waals surface area contributed by atoms with Crippen LogP contribution < -0.4 is 52.4 Å². The van der Waals surface area contributed by atoms with Gasteiger partial charge in [-0.25, -0.2) is 0 Å². The van der Waals surface area contributed by atoms with Crippen molar-refractivity contribution in [3.05, 3.63) is 0 Å². The zero-order chi connectivity index (χ0) is 4.50. The van der Waals surface area contributed by atoms with Crippen molar-refractivity contribution in [2.24, 2.45) is 0 Å². The third kappa shape index (κ3) is 171. The summed E-state index contributed by atoms with van der Waals surface area (Å²) in [7, 11) is -5.39. The van der Waals surface area contributed by atoms with Crippen molar-refractivity contribution in [1.29, 1.82) is 0 Å². The van der Waals surface area contributed by atoms with E-state index in [2.05, 4.69) is 0 Å². The van der Waals surface area contributed by atoms with Crippen molar-refractivity contribution in [2.45, 2.75) is 7.43 Å². The normalized spacial score (nSPS) is 7.38. The van der Waals surface area contributed by atoms with Gasteiger partial charge >= 0.3 is 37.7 Å². The standard InChI is InChI=1S/CH4.2Li.H3O4P/c;;;1-5(2,3)4/h1H4;;;(H3,1,2,3,4)/q;2*+1;/p-3. The van der Waals surface area contributed by atoms with E-state index >= 15 is 0 Å². The molecule has 4 nitrogen and oxygen atoms in total. The zero-order valence-corrected chi connectivity index (χ0v) is 4.97. The number of hydrogen-bond acceptors (Lipinski definition) is 4. The zero-order valence-electron chi connectivity index (χ0n) is 4.08. The Hall–Kier alpha value is 1.30. The molecule has 0 atom stereocenters. The van der Waals surface area contributed by atoms with Gasteiger partial charge in [-0.3, -0.25) is 0 Å². The molecule has 0 radical (unpaired) electrons. The van der Waals surface area contributed by atoms with Gasteiger partial charge in [-0.1, -0.05) is 7.43 Å². The minimum Gasteiger partial charge on any atom is -0.822 e. The minimum absolute atomic E-state index is 0. The molecule has 0 saturated carbocycles.